The minimum Gasteiger partial charge on any atom is -0.269 e. The predicted octanol–water partition coefficient (Wildman–Crippen LogP) is 3.63. The molecule has 0 aromatic heterocycles. The van der Waals surface area contributed by atoms with Crippen LogP contribution < -0.4 is 5.06 Å². The van der Waals surface area contributed by atoms with Crippen LogP contribution in [-0.2, 0) is 11.3 Å². The average Bonchev–Trinajstić information content (AvgIpc) is 2.78. The Hall–Kier alpha value is -1.87. The molecule has 4 rings (SSSR count). The molecule has 2 nitrogen and oxygen atoms in total. The molecular formula is C16H14FNO. The summed E-state index contributed by atoms with van der Waals surface area (Å²) in [4.78, 5) is 5.91. The van der Waals surface area contributed by atoms with Crippen LogP contribution in [0.2, 0.25) is 0 Å². The molecule has 96 valence electrons. The van der Waals surface area contributed by atoms with Crippen molar-refractivity contribution >= 4 is 5.69 Å². The van der Waals surface area contributed by atoms with Crippen LogP contribution in [0.25, 0.3) is 0 Å². The summed E-state index contributed by atoms with van der Waals surface area (Å²) in [7, 11) is 0. The number of halogens is 1. The van der Waals surface area contributed by atoms with E-state index < -0.39 is 0 Å². The lowest BCUT2D eigenvalue weighted by Gasteiger charge is -2.30. The summed E-state index contributed by atoms with van der Waals surface area (Å²) in [5, 5.41) is 1.89. The number of rotatable bonds is 1. The van der Waals surface area contributed by atoms with Crippen molar-refractivity contribution in [2.75, 3.05) is 5.06 Å². The fourth-order valence-corrected chi connectivity index (χ4v) is 3.11. The van der Waals surface area contributed by atoms with Gasteiger partial charge in [-0.05, 0) is 17.7 Å². The van der Waals surface area contributed by atoms with E-state index in [9.17, 15) is 4.39 Å². The topological polar surface area (TPSA) is 12.5 Å². The molecule has 1 saturated heterocycles. The maximum Gasteiger partial charge on any atom is 0.128 e. The van der Waals surface area contributed by atoms with Crippen LogP contribution in [0.15, 0.2) is 48.5 Å². The van der Waals surface area contributed by atoms with E-state index in [4.69, 9.17) is 4.84 Å². The molecule has 2 aromatic rings. The lowest BCUT2D eigenvalue weighted by Crippen LogP contribution is -2.27. The van der Waals surface area contributed by atoms with Gasteiger partial charge in [-0.15, -0.1) is 0 Å². The Labute approximate surface area is 111 Å². The first-order chi connectivity index (χ1) is 9.33. The molecule has 2 heterocycles. The lowest BCUT2D eigenvalue weighted by atomic mass is 10.0. The molecule has 19 heavy (non-hydrogen) atoms. The normalized spacial score (nSPS) is 24.4. The van der Waals surface area contributed by atoms with E-state index >= 15 is 0 Å². The van der Waals surface area contributed by atoms with Gasteiger partial charge in [0.2, 0.25) is 0 Å². The van der Waals surface area contributed by atoms with E-state index in [1.807, 2.05) is 35.4 Å². The molecule has 2 aromatic carbocycles. The van der Waals surface area contributed by atoms with E-state index in [2.05, 4.69) is 6.07 Å². The second-order valence-electron chi connectivity index (χ2n) is 5.16. The van der Waals surface area contributed by atoms with Gasteiger partial charge in [-0.2, -0.15) is 0 Å². The molecule has 2 aliphatic rings. The molecule has 0 radical (unpaired) electrons. The molecule has 1 fully saturated rings. The zero-order valence-corrected chi connectivity index (χ0v) is 10.4. The highest BCUT2D eigenvalue weighted by atomic mass is 19.1. The fourth-order valence-electron chi connectivity index (χ4n) is 3.11. The Kier molecular flexibility index (Phi) is 2.35. The summed E-state index contributed by atoms with van der Waals surface area (Å²) in [5.41, 5.74) is 3.09. The first-order valence-electron chi connectivity index (χ1n) is 6.61. The van der Waals surface area contributed by atoms with Crippen molar-refractivity contribution < 1.29 is 9.23 Å². The highest BCUT2D eigenvalue weighted by Crippen LogP contribution is 2.45. The van der Waals surface area contributed by atoms with E-state index in [0.29, 0.717) is 0 Å². The highest BCUT2D eigenvalue weighted by Gasteiger charge is 2.40. The molecule has 2 atom stereocenters. The predicted molar refractivity (Wildman–Crippen MR) is 71.3 cm³/mol. The first-order valence-corrected chi connectivity index (χ1v) is 6.61. The van der Waals surface area contributed by atoms with Crippen molar-refractivity contribution in [2.45, 2.75) is 25.0 Å². The number of hydrogen-bond acceptors (Lipinski definition) is 2. The second-order valence-corrected chi connectivity index (χ2v) is 5.16. The molecule has 0 amide bonds. The molecule has 0 unspecified atom stereocenters. The third-order valence-corrected chi connectivity index (χ3v) is 3.97. The molecule has 0 N–H and O–H groups in total. The summed E-state index contributed by atoms with van der Waals surface area (Å²) < 4.78 is 14.0. The van der Waals surface area contributed by atoms with Crippen molar-refractivity contribution in [2.24, 2.45) is 0 Å². The van der Waals surface area contributed by atoms with Crippen molar-refractivity contribution in [3.05, 3.63) is 65.5 Å². The van der Waals surface area contributed by atoms with E-state index in [1.54, 1.807) is 6.07 Å². The Morgan fingerprint density at radius 3 is 2.74 bits per heavy atom. The third kappa shape index (κ3) is 1.65. The summed E-state index contributed by atoms with van der Waals surface area (Å²) >= 11 is 0. The first kappa shape index (κ1) is 11.0. The summed E-state index contributed by atoms with van der Waals surface area (Å²) in [6, 6.07) is 15.2. The van der Waals surface area contributed by atoms with Crippen LogP contribution >= 0.6 is 0 Å². The Morgan fingerprint density at radius 2 is 1.84 bits per heavy atom. The van der Waals surface area contributed by atoms with Gasteiger partial charge in [0.1, 0.15) is 5.82 Å². The maximum absolute atomic E-state index is 14.0. The van der Waals surface area contributed by atoms with Gasteiger partial charge in [-0.1, -0.05) is 36.4 Å². The van der Waals surface area contributed by atoms with Crippen LogP contribution in [0.5, 0.6) is 0 Å². The summed E-state index contributed by atoms with van der Waals surface area (Å²) in [5.74, 6) is -0.152. The van der Waals surface area contributed by atoms with Crippen LogP contribution in [-0.4, -0.2) is 6.10 Å². The third-order valence-electron chi connectivity index (χ3n) is 3.97. The van der Waals surface area contributed by atoms with E-state index in [-0.39, 0.29) is 18.0 Å². The summed E-state index contributed by atoms with van der Waals surface area (Å²) in [6.07, 6.45) is 1.92. The zero-order chi connectivity index (χ0) is 12.8. The standard InChI is InChI=1S/C16H14FNO/c17-14-7-3-2-6-13(14)16-10-12-9-11-5-1-4-8-15(11)18(16)19-12/h1-8,12,16H,9-10H2/t12-,16-/m0/s1. The molecular weight excluding hydrogens is 241 g/mol. The second kappa shape index (κ2) is 4.07. The molecule has 2 bridgehead atoms. The van der Waals surface area contributed by atoms with E-state index in [1.165, 1.54) is 11.6 Å². The largest absolute Gasteiger partial charge is 0.269 e. The smallest absolute Gasteiger partial charge is 0.128 e. The highest BCUT2D eigenvalue weighted by molar-refractivity contribution is 5.56. The number of hydrogen-bond donors (Lipinski definition) is 0. The van der Waals surface area contributed by atoms with Gasteiger partial charge in [-0.3, -0.25) is 4.84 Å². The zero-order valence-electron chi connectivity index (χ0n) is 10.4. The molecule has 3 heteroatoms. The lowest BCUT2D eigenvalue weighted by molar-refractivity contribution is 0.0733. The minimum absolute atomic E-state index is 0.0187. The quantitative estimate of drug-likeness (QED) is 0.771. The molecule has 0 spiro atoms. The van der Waals surface area contributed by atoms with Crippen LogP contribution in [0.1, 0.15) is 23.6 Å². The van der Waals surface area contributed by atoms with Gasteiger partial charge in [-0.25, -0.2) is 9.45 Å². The van der Waals surface area contributed by atoms with E-state index in [0.717, 1.165) is 24.1 Å². The van der Waals surface area contributed by atoms with Gasteiger partial charge in [0, 0.05) is 18.4 Å². The van der Waals surface area contributed by atoms with Crippen LogP contribution in [0.4, 0.5) is 10.1 Å². The maximum atomic E-state index is 14.0. The number of para-hydroxylation sites is 1. The summed E-state index contributed by atoms with van der Waals surface area (Å²) in [6.45, 7) is 0. The van der Waals surface area contributed by atoms with Gasteiger partial charge in [0.15, 0.2) is 0 Å². The number of anilines is 1. The van der Waals surface area contributed by atoms with Crippen LogP contribution in [0, 0.1) is 5.82 Å². The van der Waals surface area contributed by atoms with Crippen molar-refractivity contribution in [1.29, 1.82) is 0 Å². The van der Waals surface area contributed by atoms with Crippen molar-refractivity contribution in [3.8, 4) is 0 Å². The Balaban J connectivity index is 1.80. The number of nitrogens with zero attached hydrogens (tertiary/aromatic N) is 1. The van der Waals surface area contributed by atoms with Gasteiger partial charge < -0.3 is 0 Å². The average molecular weight is 255 g/mol. The van der Waals surface area contributed by atoms with Crippen LogP contribution in [0.3, 0.4) is 0 Å². The minimum atomic E-state index is -0.152. The fraction of sp³-hybridized carbons (Fsp3) is 0.250. The van der Waals surface area contributed by atoms with Gasteiger partial charge >= 0.3 is 0 Å². The molecule has 2 aliphatic heterocycles. The molecule has 0 aliphatic carbocycles. The molecule has 0 saturated carbocycles. The Morgan fingerprint density at radius 1 is 1.05 bits per heavy atom. The number of hydroxylamine groups is 1. The number of benzene rings is 2. The van der Waals surface area contributed by atoms with Gasteiger partial charge in [0.25, 0.3) is 0 Å². The van der Waals surface area contributed by atoms with Crippen molar-refractivity contribution in [3.63, 3.8) is 0 Å². The SMILES string of the molecule is Fc1ccccc1[C@@H]1C[C@@H]2Cc3ccccc3N1O2. The Bertz CT molecular complexity index is 628. The van der Waals surface area contributed by atoms with Crippen molar-refractivity contribution in [1.82, 2.24) is 0 Å². The monoisotopic (exact) mass is 255 g/mol. The van der Waals surface area contributed by atoms with Gasteiger partial charge in [0.05, 0.1) is 17.8 Å². The number of fused-ring (bicyclic) bond motifs is 4.